The molecule has 0 bridgehead atoms. The van der Waals surface area contributed by atoms with Crippen LogP contribution in [0.25, 0.3) is 0 Å². The van der Waals surface area contributed by atoms with E-state index in [-0.39, 0.29) is 26.4 Å². The second kappa shape index (κ2) is 44.1. The van der Waals surface area contributed by atoms with Crippen LogP contribution in [0.5, 0.6) is 0 Å². The molecular formula is C14H32O4. The zero-order chi connectivity index (χ0) is 15.1. The molecule has 1 fully saturated rings. The molecule has 0 aromatic heterocycles. The highest BCUT2D eigenvalue weighted by atomic mass is 16.3. The lowest BCUT2D eigenvalue weighted by Gasteiger charge is -2.05. The van der Waals surface area contributed by atoms with E-state index in [1.165, 1.54) is 25.7 Å². The van der Waals surface area contributed by atoms with Gasteiger partial charge in [0.1, 0.15) is 0 Å². The summed E-state index contributed by atoms with van der Waals surface area (Å²) < 4.78 is 0. The van der Waals surface area contributed by atoms with Crippen molar-refractivity contribution in [2.75, 3.05) is 26.4 Å². The molecule has 0 atom stereocenters. The Morgan fingerprint density at radius 2 is 0.778 bits per heavy atom. The van der Waals surface area contributed by atoms with Gasteiger partial charge in [0.25, 0.3) is 0 Å². The molecule has 0 aromatic rings. The van der Waals surface area contributed by atoms with Crippen molar-refractivity contribution in [1.82, 2.24) is 0 Å². The smallest absolute Gasteiger partial charge is 0.0662 e. The van der Waals surface area contributed by atoms with Crippen LogP contribution in [0.1, 0.15) is 39.5 Å². The van der Waals surface area contributed by atoms with Gasteiger partial charge in [0.05, 0.1) is 26.4 Å². The summed E-state index contributed by atoms with van der Waals surface area (Å²) in [6.45, 7) is 10.0. The van der Waals surface area contributed by atoms with Crippen molar-refractivity contribution in [3.8, 4) is 0 Å². The fourth-order valence-corrected chi connectivity index (χ4v) is 0.250. The normalized spacial score (nSPS) is 10.1. The first-order valence-corrected chi connectivity index (χ1v) is 6.24. The molecule has 4 heteroatoms. The molecule has 0 heterocycles. The molecule has 0 radical (unpaired) electrons. The Morgan fingerprint density at radius 3 is 0.778 bits per heavy atom. The molecule has 112 valence electrons. The molecule has 0 aromatic carbocycles. The van der Waals surface area contributed by atoms with Gasteiger partial charge >= 0.3 is 0 Å². The maximum absolute atomic E-state index is 7.62. The first kappa shape index (κ1) is 26.0. The zero-order valence-corrected chi connectivity index (χ0v) is 12.0. The van der Waals surface area contributed by atoms with Crippen LogP contribution in [0, 0.1) is 0 Å². The number of hydrogen-bond donors (Lipinski definition) is 4. The molecule has 0 saturated heterocycles. The molecule has 0 unspecified atom stereocenters. The van der Waals surface area contributed by atoms with Crippen molar-refractivity contribution in [2.24, 2.45) is 0 Å². The summed E-state index contributed by atoms with van der Waals surface area (Å²) in [6.07, 6.45) is 9.50. The Morgan fingerprint density at radius 1 is 0.667 bits per heavy atom. The summed E-state index contributed by atoms with van der Waals surface area (Å²) in [4.78, 5) is 0. The molecule has 4 N–H and O–H groups in total. The fourth-order valence-electron chi connectivity index (χ4n) is 0.250. The average Bonchev–Trinajstić information content (AvgIpc) is 2.29. The molecule has 0 spiro atoms. The van der Waals surface area contributed by atoms with Crippen LogP contribution in [0.2, 0.25) is 0 Å². The van der Waals surface area contributed by atoms with Gasteiger partial charge in [-0.3, -0.25) is 0 Å². The fraction of sp³-hybridized carbons (Fsp3) is 0.714. The van der Waals surface area contributed by atoms with Crippen molar-refractivity contribution in [2.45, 2.75) is 39.5 Å². The summed E-state index contributed by atoms with van der Waals surface area (Å²) in [5, 5.41) is 30.5. The van der Waals surface area contributed by atoms with Gasteiger partial charge in [0.15, 0.2) is 0 Å². The maximum atomic E-state index is 7.62. The number of allylic oxidation sites excluding steroid dienone is 2. The lowest BCUT2D eigenvalue weighted by Crippen LogP contribution is -1.85. The maximum Gasteiger partial charge on any atom is 0.0662 e. The van der Waals surface area contributed by atoms with Crippen LogP contribution in [-0.2, 0) is 0 Å². The SMILES string of the molecule is C1CCC1.C=CC.C=CC.OCCO.OCCO. The molecule has 1 rings (SSSR count). The average molecular weight is 264 g/mol. The molecule has 1 aliphatic carbocycles. The largest absolute Gasteiger partial charge is 0.394 e. The number of aliphatic hydroxyl groups is 4. The molecule has 0 aliphatic heterocycles. The predicted octanol–water partition coefficient (Wildman–Crippen LogP) is 1.89. The van der Waals surface area contributed by atoms with E-state index < -0.39 is 0 Å². The second-order valence-corrected chi connectivity index (χ2v) is 3.13. The predicted molar refractivity (Wildman–Crippen MR) is 78.6 cm³/mol. The summed E-state index contributed by atoms with van der Waals surface area (Å²) in [5.41, 5.74) is 0. The van der Waals surface area contributed by atoms with Gasteiger partial charge in [0.2, 0.25) is 0 Å². The van der Waals surface area contributed by atoms with Crippen LogP contribution < -0.4 is 0 Å². The Bertz CT molecular complexity index is 94.4. The molecule has 18 heavy (non-hydrogen) atoms. The highest BCUT2D eigenvalue weighted by Gasteiger charge is 1.95. The van der Waals surface area contributed by atoms with Crippen LogP contribution in [0.4, 0.5) is 0 Å². The van der Waals surface area contributed by atoms with Crippen LogP contribution in [-0.4, -0.2) is 46.9 Å². The first-order chi connectivity index (χ1) is 8.66. The summed E-state index contributed by atoms with van der Waals surface area (Å²) in [5.74, 6) is 0. The Kier molecular flexibility index (Phi) is 63.7. The van der Waals surface area contributed by atoms with Crippen molar-refractivity contribution in [3.63, 3.8) is 0 Å². The van der Waals surface area contributed by atoms with Gasteiger partial charge < -0.3 is 20.4 Å². The van der Waals surface area contributed by atoms with E-state index in [0.29, 0.717) is 0 Å². The van der Waals surface area contributed by atoms with Gasteiger partial charge in [-0.05, 0) is 13.8 Å². The van der Waals surface area contributed by atoms with Crippen molar-refractivity contribution < 1.29 is 20.4 Å². The van der Waals surface area contributed by atoms with E-state index >= 15 is 0 Å². The van der Waals surface area contributed by atoms with Crippen LogP contribution in [0.3, 0.4) is 0 Å². The highest BCUT2D eigenvalue weighted by Crippen LogP contribution is 2.15. The van der Waals surface area contributed by atoms with E-state index in [2.05, 4.69) is 13.2 Å². The van der Waals surface area contributed by atoms with Crippen molar-refractivity contribution >= 4 is 0 Å². The van der Waals surface area contributed by atoms with E-state index in [1.54, 1.807) is 12.2 Å². The van der Waals surface area contributed by atoms with Crippen molar-refractivity contribution in [1.29, 1.82) is 0 Å². The molecule has 0 amide bonds. The zero-order valence-electron chi connectivity index (χ0n) is 12.0. The molecule has 1 saturated carbocycles. The lowest BCUT2D eigenvalue weighted by molar-refractivity contribution is 0.186. The highest BCUT2D eigenvalue weighted by molar-refractivity contribution is 4.52. The minimum atomic E-state index is -0.125. The van der Waals surface area contributed by atoms with Gasteiger partial charge in [0, 0.05) is 0 Å². The van der Waals surface area contributed by atoms with Crippen LogP contribution in [0.15, 0.2) is 25.3 Å². The van der Waals surface area contributed by atoms with E-state index in [9.17, 15) is 0 Å². The second-order valence-electron chi connectivity index (χ2n) is 3.13. The Labute approximate surface area is 112 Å². The standard InChI is InChI=1S/C4H8.2C3H6.2C2H6O2/c1-2-4-3-1;2*1-3-2;2*3-1-2-4/h1-4H2;2*3H,1H2,2H3;2*3-4H,1-2H2. The van der Waals surface area contributed by atoms with Gasteiger partial charge in [-0.15, -0.1) is 13.2 Å². The lowest BCUT2D eigenvalue weighted by atomic mass is 10.0. The molecular weight excluding hydrogens is 232 g/mol. The molecule has 1 aliphatic rings. The number of hydrogen-bond acceptors (Lipinski definition) is 4. The van der Waals surface area contributed by atoms with Gasteiger partial charge in [-0.2, -0.15) is 0 Å². The van der Waals surface area contributed by atoms with E-state index in [0.717, 1.165) is 0 Å². The van der Waals surface area contributed by atoms with Crippen molar-refractivity contribution in [3.05, 3.63) is 25.3 Å². The summed E-state index contributed by atoms with van der Waals surface area (Å²) >= 11 is 0. The summed E-state index contributed by atoms with van der Waals surface area (Å²) in [6, 6.07) is 0. The number of rotatable bonds is 2. The quantitative estimate of drug-likeness (QED) is 0.574. The monoisotopic (exact) mass is 264 g/mol. The summed E-state index contributed by atoms with van der Waals surface area (Å²) in [7, 11) is 0. The third-order valence-corrected chi connectivity index (χ3v) is 1.20. The minimum absolute atomic E-state index is 0.125. The van der Waals surface area contributed by atoms with Gasteiger partial charge in [-0.1, -0.05) is 37.8 Å². The van der Waals surface area contributed by atoms with E-state index in [4.69, 9.17) is 20.4 Å². The third kappa shape index (κ3) is 111. The third-order valence-electron chi connectivity index (χ3n) is 1.20. The first-order valence-electron chi connectivity index (χ1n) is 6.24. The Balaban J connectivity index is -0.0000000687. The van der Waals surface area contributed by atoms with Crippen LogP contribution >= 0.6 is 0 Å². The minimum Gasteiger partial charge on any atom is -0.394 e. The van der Waals surface area contributed by atoms with Gasteiger partial charge in [-0.25, -0.2) is 0 Å². The topological polar surface area (TPSA) is 80.9 Å². The van der Waals surface area contributed by atoms with E-state index in [1.807, 2.05) is 13.8 Å². The Hall–Kier alpha value is -0.680. The molecule has 4 nitrogen and oxygen atoms in total. The number of aliphatic hydroxyl groups excluding tert-OH is 4.